The molecule has 9 nitrogen and oxygen atoms in total. The van der Waals surface area contributed by atoms with Gasteiger partial charge in [-0.1, -0.05) is 29.8 Å². The quantitative estimate of drug-likeness (QED) is 0.208. The lowest BCUT2D eigenvalue weighted by Gasteiger charge is -2.03. The molecule has 192 valence electrons. The van der Waals surface area contributed by atoms with E-state index in [0.29, 0.717) is 16.5 Å². The molecule has 0 fully saturated rings. The number of hydrogen-bond donors (Lipinski definition) is 2. The Labute approximate surface area is 224 Å². The number of methoxy groups -OCH3 is 1. The number of hydrogen-bond acceptors (Lipinski definition) is 8. The minimum atomic E-state index is -3.79. The van der Waals surface area contributed by atoms with Gasteiger partial charge < -0.3 is 4.74 Å². The zero-order valence-electron chi connectivity index (χ0n) is 20.6. The lowest BCUT2D eigenvalue weighted by atomic mass is 10.1. The summed E-state index contributed by atoms with van der Waals surface area (Å²) in [6, 6.07) is 21.9. The summed E-state index contributed by atoms with van der Waals surface area (Å²) in [6.45, 7) is 2.05. The van der Waals surface area contributed by atoms with Crippen LogP contribution in [-0.2, 0) is 10.0 Å². The minimum Gasteiger partial charge on any atom is -0.497 e. The van der Waals surface area contributed by atoms with Gasteiger partial charge in [0.1, 0.15) is 11.4 Å². The number of thiazole rings is 1. The van der Waals surface area contributed by atoms with E-state index in [-0.39, 0.29) is 4.90 Å². The molecule has 0 unspecified atom stereocenters. The van der Waals surface area contributed by atoms with Gasteiger partial charge in [-0.3, -0.25) is 5.43 Å². The number of aryl methyl sites for hydroxylation is 1. The normalized spacial score (nSPS) is 11.7. The van der Waals surface area contributed by atoms with Crippen LogP contribution in [0.5, 0.6) is 5.75 Å². The van der Waals surface area contributed by atoms with Crippen molar-refractivity contribution in [2.75, 3.05) is 12.5 Å². The first-order valence-corrected chi connectivity index (χ1v) is 13.9. The van der Waals surface area contributed by atoms with Crippen molar-refractivity contribution in [2.45, 2.75) is 11.8 Å². The SMILES string of the molecule is COc1ccc(-c2nn(-c3ccc(S(N)(=O)=O)cc3)cc2/C=N/Nc2nc(-c3ccc(C)cc3)cs2)cc1. The molecule has 0 saturated heterocycles. The number of rotatable bonds is 8. The van der Waals surface area contributed by atoms with Crippen LogP contribution in [-0.4, -0.2) is 36.5 Å². The fourth-order valence-corrected chi connectivity index (χ4v) is 4.90. The Balaban J connectivity index is 1.43. The number of sulfonamides is 1. The minimum absolute atomic E-state index is 0.0308. The van der Waals surface area contributed by atoms with Gasteiger partial charge in [-0.15, -0.1) is 11.3 Å². The molecule has 0 radical (unpaired) electrons. The summed E-state index contributed by atoms with van der Waals surface area (Å²) in [5, 5.41) is 17.0. The summed E-state index contributed by atoms with van der Waals surface area (Å²) in [7, 11) is -2.17. The highest BCUT2D eigenvalue weighted by Gasteiger charge is 2.13. The molecule has 0 amide bonds. The third-order valence-corrected chi connectivity index (χ3v) is 7.43. The molecule has 0 bridgehead atoms. The molecule has 0 spiro atoms. The lowest BCUT2D eigenvalue weighted by molar-refractivity contribution is 0.415. The number of hydrazone groups is 1. The molecular weight excluding hydrogens is 520 g/mol. The first-order chi connectivity index (χ1) is 18.3. The summed E-state index contributed by atoms with van der Waals surface area (Å²) in [5.74, 6) is 0.733. The van der Waals surface area contributed by atoms with E-state index in [1.54, 1.807) is 30.1 Å². The van der Waals surface area contributed by atoms with Gasteiger partial charge in [-0.25, -0.2) is 23.2 Å². The fourth-order valence-electron chi connectivity index (χ4n) is 3.71. The first-order valence-electron chi connectivity index (χ1n) is 11.5. The number of nitrogens with zero attached hydrogens (tertiary/aromatic N) is 4. The van der Waals surface area contributed by atoms with Gasteiger partial charge in [0, 0.05) is 28.3 Å². The van der Waals surface area contributed by atoms with E-state index in [0.717, 1.165) is 28.1 Å². The molecule has 11 heteroatoms. The van der Waals surface area contributed by atoms with Crippen LogP contribution in [0.25, 0.3) is 28.2 Å². The first kappa shape index (κ1) is 25.3. The second kappa shape index (κ2) is 10.6. The van der Waals surface area contributed by atoms with E-state index in [1.807, 2.05) is 48.0 Å². The van der Waals surface area contributed by atoms with Crippen LogP contribution in [0.4, 0.5) is 5.13 Å². The number of nitrogens with two attached hydrogens (primary N) is 1. The number of anilines is 1. The topological polar surface area (TPSA) is 124 Å². The maximum absolute atomic E-state index is 11.6. The Morgan fingerprint density at radius 3 is 2.34 bits per heavy atom. The Hall–Kier alpha value is -4.32. The zero-order valence-corrected chi connectivity index (χ0v) is 22.2. The van der Waals surface area contributed by atoms with Gasteiger partial charge >= 0.3 is 0 Å². The standard InChI is InChI=1S/C27H24N6O3S2/c1-18-3-5-19(6-4-18)25-17-37-27(30-25)31-29-15-21-16-33(22-9-13-24(14-10-22)38(28,34)35)32-26(21)20-7-11-23(36-2)12-8-20/h3-17H,1-2H3,(H,30,31)(H2,28,34,35)/b29-15+. The highest BCUT2D eigenvalue weighted by molar-refractivity contribution is 7.89. The van der Waals surface area contributed by atoms with Crippen molar-refractivity contribution in [3.63, 3.8) is 0 Å². The predicted molar refractivity (Wildman–Crippen MR) is 150 cm³/mol. The summed E-state index contributed by atoms with van der Waals surface area (Å²) in [4.78, 5) is 4.65. The fraction of sp³-hybridized carbons (Fsp3) is 0.0741. The van der Waals surface area contributed by atoms with E-state index in [4.69, 9.17) is 15.0 Å². The zero-order chi connectivity index (χ0) is 26.7. The molecule has 2 heterocycles. The molecule has 0 aliphatic heterocycles. The van der Waals surface area contributed by atoms with Crippen molar-refractivity contribution in [3.05, 3.63) is 95.5 Å². The summed E-state index contributed by atoms with van der Waals surface area (Å²) < 4.78 is 30.2. The van der Waals surface area contributed by atoms with E-state index < -0.39 is 10.0 Å². The Morgan fingerprint density at radius 1 is 1.00 bits per heavy atom. The van der Waals surface area contributed by atoms with E-state index >= 15 is 0 Å². The van der Waals surface area contributed by atoms with Crippen molar-refractivity contribution < 1.29 is 13.2 Å². The summed E-state index contributed by atoms with van der Waals surface area (Å²) >= 11 is 1.46. The number of aromatic nitrogens is 3. The largest absolute Gasteiger partial charge is 0.497 e. The maximum atomic E-state index is 11.6. The Kier molecular flexibility index (Phi) is 7.05. The van der Waals surface area contributed by atoms with Crippen LogP contribution >= 0.6 is 11.3 Å². The van der Waals surface area contributed by atoms with E-state index in [1.165, 1.54) is 29.0 Å². The molecule has 38 heavy (non-hydrogen) atoms. The molecule has 0 atom stereocenters. The average molecular weight is 545 g/mol. The van der Waals surface area contributed by atoms with Crippen LogP contribution in [0.3, 0.4) is 0 Å². The van der Waals surface area contributed by atoms with Gasteiger partial charge in [0.05, 0.1) is 29.6 Å². The van der Waals surface area contributed by atoms with Crippen molar-refractivity contribution in [2.24, 2.45) is 10.2 Å². The van der Waals surface area contributed by atoms with Crippen LogP contribution in [0, 0.1) is 6.92 Å². The summed E-state index contributed by atoms with van der Waals surface area (Å²) in [5.41, 5.74) is 9.08. The van der Waals surface area contributed by atoms with Gasteiger partial charge in [0.2, 0.25) is 15.2 Å². The number of primary sulfonamides is 1. The number of benzene rings is 3. The molecule has 0 aliphatic carbocycles. The molecule has 2 aromatic heterocycles. The average Bonchev–Trinajstić information content (AvgIpc) is 3.57. The Morgan fingerprint density at radius 2 is 1.68 bits per heavy atom. The third kappa shape index (κ3) is 5.65. The van der Waals surface area contributed by atoms with Gasteiger partial charge in [-0.05, 0) is 55.5 Å². The molecule has 5 rings (SSSR count). The molecule has 0 aliphatic rings. The smallest absolute Gasteiger partial charge is 0.238 e. The van der Waals surface area contributed by atoms with Gasteiger partial charge in [-0.2, -0.15) is 10.2 Å². The molecule has 0 saturated carbocycles. The monoisotopic (exact) mass is 544 g/mol. The van der Waals surface area contributed by atoms with Crippen LogP contribution in [0.15, 0.2) is 94.4 Å². The highest BCUT2D eigenvalue weighted by atomic mass is 32.2. The van der Waals surface area contributed by atoms with E-state index in [2.05, 4.69) is 34.6 Å². The van der Waals surface area contributed by atoms with Crippen molar-refractivity contribution in [1.29, 1.82) is 0 Å². The lowest BCUT2D eigenvalue weighted by Crippen LogP contribution is -2.12. The highest BCUT2D eigenvalue weighted by Crippen LogP contribution is 2.27. The number of nitrogens with one attached hydrogen (secondary N) is 1. The Bertz CT molecular complexity index is 1690. The molecule has 3 N–H and O–H groups in total. The second-order valence-electron chi connectivity index (χ2n) is 8.42. The van der Waals surface area contributed by atoms with Crippen LogP contribution in [0.2, 0.25) is 0 Å². The maximum Gasteiger partial charge on any atom is 0.238 e. The molecular formula is C27H24N6O3S2. The van der Waals surface area contributed by atoms with Crippen molar-refractivity contribution >= 4 is 32.7 Å². The van der Waals surface area contributed by atoms with Crippen molar-refractivity contribution in [1.82, 2.24) is 14.8 Å². The van der Waals surface area contributed by atoms with Crippen LogP contribution < -0.4 is 15.3 Å². The predicted octanol–water partition coefficient (Wildman–Crippen LogP) is 5.07. The van der Waals surface area contributed by atoms with Gasteiger partial charge in [0.15, 0.2) is 0 Å². The molecule has 5 aromatic rings. The van der Waals surface area contributed by atoms with E-state index in [9.17, 15) is 8.42 Å². The van der Waals surface area contributed by atoms with Crippen LogP contribution in [0.1, 0.15) is 11.1 Å². The third-order valence-electron chi connectivity index (χ3n) is 5.75. The number of ether oxygens (including phenoxy) is 1. The second-order valence-corrected chi connectivity index (χ2v) is 10.8. The van der Waals surface area contributed by atoms with Crippen molar-refractivity contribution in [3.8, 4) is 34.0 Å². The molecule has 3 aromatic carbocycles. The summed E-state index contributed by atoms with van der Waals surface area (Å²) in [6.07, 6.45) is 3.49. The van der Waals surface area contributed by atoms with Gasteiger partial charge in [0.25, 0.3) is 0 Å².